The smallest absolute Gasteiger partial charge is 0.0554 e. The number of hydrogen-bond acceptors (Lipinski definition) is 2. The van der Waals surface area contributed by atoms with Gasteiger partial charge < -0.3 is 4.90 Å². The van der Waals surface area contributed by atoms with Crippen LogP contribution >= 0.6 is 11.3 Å². The molecule has 2 heteroatoms. The minimum atomic E-state index is -0.174. The highest BCUT2D eigenvalue weighted by Gasteiger charge is 2.37. The Labute approximate surface area is 368 Å². The molecule has 0 unspecified atom stereocenters. The first kappa shape index (κ1) is 36.8. The third-order valence-corrected chi connectivity index (χ3v) is 15.0. The van der Waals surface area contributed by atoms with E-state index in [1.807, 2.05) is 11.3 Å². The zero-order chi connectivity index (χ0) is 41.7. The second kappa shape index (κ2) is 13.8. The number of thiophene rings is 1. The van der Waals surface area contributed by atoms with Crippen LogP contribution in [-0.2, 0) is 10.8 Å². The highest BCUT2D eigenvalue weighted by molar-refractivity contribution is 7.26. The van der Waals surface area contributed by atoms with E-state index in [0.29, 0.717) is 0 Å². The maximum absolute atomic E-state index is 2.52. The van der Waals surface area contributed by atoms with E-state index in [2.05, 4.69) is 233 Å². The standard InChI is InChI=1S/C60H45NS/c1-59(2)51-22-12-11-21-46(51)49-35-42(27-32-52(49)59)40-19-13-20-44(33-40)61(55-23-14-24-56-58(55)48-29-25-43(36-57(48)62-56)39-17-9-6-10-18-39)45-28-30-47-50-34-41(38-15-7-5-8-16-38)26-31-53(50)60(3,4)54(47)37-45/h5-37H,1-4H3. The first-order valence-corrected chi connectivity index (χ1v) is 22.6. The number of anilines is 3. The molecule has 296 valence electrons. The molecule has 1 aromatic heterocycles. The normalized spacial score (nSPS) is 14.1. The van der Waals surface area contributed by atoms with Gasteiger partial charge in [0, 0.05) is 42.4 Å². The lowest BCUT2D eigenvalue weighted by Gasteiger charge is -2.29. The van der Waals surface area contributed by atoms with E-state index in [0.717, 1.165) is 11.4 Å². The SMILES string of the molecule is CC1(C)c2ccccc2-c2cc(-c3cccc(N(c4ccc5c(c4)C(C)(C)c4ccc(-c6ccccc6)cc4-5)c4cccc5sc6cc(-c7ccccc7)ccc6c45)c3)ccc21. The summed E-state index contributed by atoms with van der Waals surface area (Å²) in [4.78, 5) is 2.52. The Morgan fingerprint density at radius 3 is 1.60 bits per heavy atom. The van der Waals surface area contributed by atoms with Crippen LogP contribution in [0.2, 0.25) is 0 Å². The fourth-order valence-corrected chi connectivity index (χ4v) is 11.8. The van der Waals surface area contributed by atoms with Gasteiger partial charge in [0.2, 0.25) is 0 Å². The Kier molecular flexibility index (Phi) is 8.17. The van der Waals surface area contributed by atoms with E-state index in [9.17, 15) is 0 Å². The van der Waals surface area contributed by atoms with Crippen molar-refractivity contribution >= 4 is 48.6 Å². The van der Waals surface area contributed by atoms with E-state index in [-0.39, 0.29) is 10.8 Å². The highest BCUT2D eigenvalue weighted by atomic mass is 32.1. The van der Waals surface area contributed by atoms with Crippen LogP contribution in [0.1, 0.15) is 49.9 Å². The van der Waals surface area contributed by atoms with Gasteiger partial charge in [-0.05, 0) is 132 Å². The van der Waals surface area contributed by atoms with Crippen molar-refractivity contribution in [1.29, 1.82) is 0 Å². The van der Waals surface area contributed by atoms with Gasteiger partial charge in [-0.3, -0.25) is 0 Å². The summed E-state index contributed by atoms with van der Waals surface area (Å²) in [5.74, 6) is 0. The summed E-state index contributed by atoms with van der Waals surface area (Å²) in [7, 11) is 0. The zero-order valence-corrected chi connectivity index (χ0v) is 36.2. The Balaban J connectivity index is 1.04. The molecule has 1 nitrogen and oxygen atoms in total. The van der Waals surface area contributed by atoms with Crippen molar-refractivity contribution < 1.29 is 0 Å². The van der Waals surface area contributed by atoms with Crippen molar-refractivity contribution in [3.8, 4) is 55.6 Å². The second-order valence-corrected chi connectivity index (χ2v) is 19.2. The van der Waals surface area contributed by atoms with Crippen LogP contribution in [0.4, 0.5) is 17.1 Å². The lowest BCUT2D eigenvalue weighted by Crippen LogP contribution is -2.16. The molecule has 0 amide bonds. The lowest BCUT2D eigenvalue weighted by molar-refractivity contribution is 0.660. The first-order chi connectivity index (χ1) is 30.2. The number of rotatable bonds is 6. The van der Waals surface area contributed by atoms with Gasteiger partial charge in [-0.2, -0.15) is 0 Å². The molecule has 62 heavy (non-hydrogen) atoms. The summed E-state index contributed by atoms with van der Waals surface area (Å²) in [5, 5.41) is 2.56. The van der Waals surface area contributed by atoms with E-state index >= 15 is 0 Å². The zero-order valence-electron chi connectivity index (χ0n) is 35.4. The quantitative estimate of drug-likeness (QED) is 0.162. The van der Waals surface area contributed by atoms with Crippen LogP contribution < -0.4 is 4.90 Å². The van der Waals surface area contributed by atoms with Crippen molar-refractivity contribution in [1.82, 2.24) is 0 Å². The topological polar surface area (TPSA) is 3.24 Å². The summed E-state index contributed by atoms with van der Waals surface area (Å²) < 4.78 is 2.58. The Morgan fingerprint density at radius 2 is 0.871 bits per heavy atom. The predicted molar refractivity (Wildman–Crippen MR) is 265 cm³/mol. The van der Waals surface area contributed by atoms with Crippen LogP contribution in [0.3, 0.4) is 0 Å². The molecule has 0 bridgehead atoms. The summed E-state index contributed by atoms with van der Waals surface area (Å²) in [6.45, 7) is 9.48. The molecule has 9 aromatic carbocycles. The predicted octanol–water partition coefficient (Wildman–Crippen LogP) is 17.1. The molecule has 0 radical (unpaired) electrons. The number of hydrogen-bond donors (Lipinski definition) is 0. The maximum atomic E-state index is 2.52. The van der Waals surface area contributed by atoms with Gasteiger partial charge in [0.05, 0.1) is 5.69 Å². The fraction of sp³-hybridized carbons (Fsp3) is 0.100. The third kappa shape index (κ3) is 5.60. The largest absolute Gasteiger partial charge is 0.310 e. The van der Waals surface area contributed by atoms with Crippen LogP contribution in [0.5, 0.6) is 0 Å². The van der Waals surface area contributed by atoms with Crippen LogP contribution in [0.25, 0.3) is 75.8 Å². The Hall–Kier alpha value is -7.00. The first-order valence-electron chi connectivity index (χ1n) is 21.7. The molecule has 0 aliphatic heterocycles. The summed E-state index contributed by atoms with van der Waals surface area (Å²) in [6.07, 6.45) is 0. The van der Waals surface area contributed by atoms with Crippen molar-refractivity contribution in [3.63, 3.8) is 0 Å². The number of nitrogens with zero attached hydrogens (tertiary/aromatic N) is 1. The molecule has 0 saturated carbocycles. The number of fused-ring (bicyclic) bond motifs is 9. The van der Waals surface area contributed by atoms with Gasteiger partial charge >= 0.3 is 0 Å². The monoisotopic (exact) mass is 811 g/mol. The molecule has 0 saturated heterocycles. The van der Waals surface area contributed by atoms with Crippen molar-refractivity contribution in [2.75, 3.05) is 4.90 Å². The van der Waals surface area contributed by atoms with E-state index in [1.54, 1.807) is 0 Å². The molecule has 0 N–H and O–H groups in total. The van der Waals surface area contributed by atoms with E-state index in [4.69, 9.17) is 0 Å². The summed E-state index contributed by atoms with van der Waals surface area (Å²) in [5.41, 5.74) is 21.5. The van der Waals surface area contributed by atoms with Gasteiger partial charge in [-0.25, -0.2) is 0 Å². The molecule has 0 spiro atoms. The van der Waals surface area contributed by atoms with E-state index < -0.39 is 0 Å². The average molecular weight is 812 g/mol. The fourth-order valence-electron chi connectivity index (χ4n) is 10.6. The molecular formula is C60H45NS. The molecule has 1 heterocycles. The summed E-state index contributed by atoms with van der Waals surface area (Å²) in [6, 6.07) is 74.8. The molecule has 0 fully saturated rings. The maximum Gasteiger partial charge on any atom is 0.0554 e. The van der Waals surface area contributed by atoms with Crippen molar-refractivity contribution in [2.24, 2.45) is 0 Å². The molecule has 2 aliphatic rings. The van der Waals surface area contributed by atoms with Gasteiger partial charge in [0.25, 0.3) is 0 Å². The minimum absolute atomic E-state index is 0.0307. The van der Waals surface area contributed by atoms with Crippen LogP contribution in [0, 0.1) is 0 Å². The number of benzene rings is 9. The average Bonchev–Trinajstić information content (AvgIpc) is 3.89. The van der Waals surface area contributed by atoms with E-state index in [1.165, 1.54) is 104 Å². The Bertz CT molecular complexity index is 3410. The molecule has 10 aromatic rings. The minimum Gasteiger partial charge on any atom is -0.310 e. The van der Waals surface area contributed by atoms with Crippen molar-refractivity contribution in [3.05, 3.63) is 222 Å². The van der Waals surface area contributed by atoms with Gasteiger partial charge in [0.15, 0.2) is 0 Å². The lowest BCUT2D eigenvalue weighted by atomic mass is 9.82. The van der Waals surface area contributed by atoms with Gasteiger partial charge in [-0.1, -0.05) is 173 Å². The van der Waals surface area contributed by atoms with Gasteiger partial charge in [-0.15, -0.1) is 11.3 Å². The molecule has 0 atom stereocenters. The molecular weight excluding hydrogens is 767 g/mol. The van der Waals surface area contributed by atoms with Crippen LogP contribution in [-0.4, -0.2) is 0 Å². The van der Waals surface area contributed by atoms with Crippen LogP contribution in [0.15, 0.2) is 200 Å². The van der Waals surface area contributed by atoms with Crippen molar-refractivity contribution in [2.45, 2.75) is 38.5 Å². The Morgan fingerprint density at radius 1 is 0.339 bits per heavy atom. The molecule has 2 aliphatic carbocycles. The molecule has 12 rings (SSSR count). The van der Waals surface area contributed by atoms with Gasteiger partial charge in [0.1, 0.15) is 0 Å². The third-order valence-electron chi connectivity index (χ3n) is 13.9. The second-order valence-electron chi connectivity index (χ2n) is 18.1. The summed E-state index contributed by atoms with van der Waals surface area (Å²) >= 11 is 1.88. The highest BCUT2D eigenvalue weighted by Crippen LogP contribution is 2.54.